The smallest absolute Gasteiger partial charge is 0.368 e. The normalized spacial score (nSPS) is 16.3. The molecule has 4 rings (SSSR count). The lowest BCUT2D eigenvalue weighted by molar-refractivity contribution is -0.391. The second-order valence-electron chi connectivity index (χ2n) is 6.32. The molecule has 0 saturated carbocycles. The first-order valence-electron chi connectivity index (χ1n) is 8.82. The number of nitrogens with one attached hydrogen (secondary N) is 1. The highest BCUT2D eigenvalue weighted by Crippen LogP contribution is 2.23. The molecule has 0 radical (unpaired) electrons. The Labute approximate surface area is 155 Å². The molecule has 0 amide bonds. The largest absolute Gasteiger partial charge is 0.379 e. The molecule has 1 aliphatic heterocycles. The lowest BCUT2D eigenvalue weighted by atomic mass is 10.0. The van der Waals surface area contributed by atoms with Gasteiger partial charge >= 0.3 is 5.82 Å². The lowest BCUT2D eigenvalue weighted by Gasteiger charge is -2.35. The van der Waals surface area contributed by atoms with Gasteiger partial charge in [0.25, 0.3) is 0 Å². The Morgan fingerprint density at radius 2 is 1.96 bits per heavy atom. The first-order chi connectivity index (χ1) is 13.2. The quantitative estimate of drug-likeness (QED) is 0.526. The van der Waals surface area contributed by atoms with E-state index in [1.54, 1.807) is 12.1 Å². The molecule has 3 heterocycles. The van der Waals surface area contributed by atoms with Crippen LogP contribution in [0.5, 0.6) is 0 Å². The molecular formula is C18H20N6O3. The third-order valence-corrected chi connectivity index (χ3v) is 4.68. The lowest BCUT2D eigenvalue weighted by Crippen LogP contribution is -2.41. The molecule has 1 N–H and O–H groups in total. The number of anilines is 1. The second kappa shape index (κ2) is 7.68. The van der Waals surface area contributed by atoms with Crippen molar-refractivity contribution in [2.45, 2.75) is 6.04 Å². The molecule has 2 aromatic heterocycles. The van der Waals surface area contributed by atoms with Gasteiger partial charge in [-0.25, -0.2) is 4.98 Å². The van der Waals surface area contributed by atoms with Crippen molar-refractivity contribution in [3.05, 3.63) is 64.3 Å². The second-order valence-corrected chi connectivity index (χ2v) is 6.32. The molecule has 1 fully saturated rings. The van der Waals surface area contributed by atoms with Crippen LogP contribution < -0.4 is 5.32 Å². The highest BCUT2D eigenvalue weighted by Gasteiger charge is 2.23. The number of hydrogen-bond acceptors (Lipinski definition) is 7. The molecule has 0 spiro atoms. The molecule has 1 atom stereocenters. The molecule has 3 aromatic rings. The number of rotatable bonds is 6. The third kappa shape index (κ3) is 3.74. The van der Waals surface area contributed by atoms with Gasteiger partial charge < -0.3 is 20.2 Å². The van der Waals surface area contributed by atoms with E-state index in [-0.39, 0.29) is 11.9 Å². The summed E-state index contributed by atoms with van der Waals surface area (Å²) in [4.78, 5) is 17.0. The predicted octanol–water partition coefficient (Wildman–Crippen LogP) is 2.12. The summed E-state index contributed by atoms with van der Waals surface area (Å²) in [7, 11) is 0. The van der Waals surface area contributed by atoms with E-state index in [4.69, 9.17) is 4.74 Å². The van der Waals surface area contributed by atoms with Crippen molar-refractivity contribution in [1.29, 1.82) is 0 Å². The highest BCUT2D eigenvalue weighted by atomic mass is 16.6. The molecule has 27 heavy (non-hydrogen) atoms. The van der Waals surface area contributed by atoms with Gasteiger partial charge in [0.2, 0.25) is 5.65 Å². The number of fused-ring (bicyclic) bond motifs is 1. The van der Waals surface area contributed by atoms with Crippen molar-refractivity contribution < 1.29 is 9.66 Å². The van der Waals surface area contributed by atoms with Crippen LogP contribution >= 0.6 is 0 Å². The molecule has 1 aromatic carbocycles. The summed E-state index contributed by atoms with van der Waals surface area (Å²) in [6.07, 6.45) is 1.21. The molecular weight excluding hydrogens is 348 g/mol. The number of benzene rings is 1. The Bertz CT molecular complexity index is 923. The fraction of sp³-hybridized carbons (Fsp3) is 0.333. The van der Waals surface area contributed by atoms with Crippen LogP contribution in [0.2, 0.25) is 0 Å². The fourth-order valence-corrected chi connectivity index (χ4v) is 3.30. The number of ether oxygens (including phenoxy) is 1. The maximum absolute atomic E-state index is 11.1. The SMILES string of the molecule is O=[N+]([O-])c1cnc2ccc(NCC(c3ccccc3)N3CCOCC3)nn12. The Morgan fingerprint density at radius 3 is 2.70 bits per heavy atom. The van der Waals surface area contributed by atoms with E-state index in [0.29, 0.717) is 18.0 Å². The van der Waals surface area contributed by atoms with Crippen molar-refractivity contribution in [2.75, 3.05) is 38.2 Å². The summed E-state index contributed by atoms with van der Waals surface area (Å²) in [5.41, 5.74) is 1.65. The van der Waals surface area contributed by atoms with Crippen LogP contribution in [0.3, 0.4) is 0 Å². The van der Waals surface area contributed by atoms with Gasteiger partial charge in [0.15, 0.2) is 5.82 Å². The van der Waals surface area contributed by atoms with Gasteiger partial charge in [-0.15, -0.1) is 0 Å². The van der Waals surface area contributed by atoms with Gasteiger partial charge in [-0.05, 0) is 16.6 Å². The summed E-state index contributed by atoms with van der Waals surface area (Å²) in [5, 5.41) is 18.8. The van der Waals surface area contributed by atoms with E-state index in [1.165, 1.54) is 16.3 Å². The van der Waals surface area contributed by atoms with E-state index < -0.39 is 4.92 Å². The van der Waals surface area contributed by atoms with Gasteiger partial charge in [-0.3, -0.25) is 4.90 Å². The summed E-state index contributed by atoms with van der Waals surface area (Å²) in [5.74, 6) is 0.416. The summed E-state index contributed by atoms with van der Waals surface area (Å²) in [6, 6.07) is 13.9. The van der Waals surface area contributed by atoms with Crippen molar-refractivity contribution >= 4 is 17.3 Å². The van der Waals surface area contributed by atoms with Crippen LogP contribution in [-0.2, 0) is 4.74 Å². The summed E-state index contributed by atoms with van der Waals surface area (Å²) in [6.45, 7) is 3.79. The number of nitrogens with zero attached hydrogens (tertiary/aromatic N) is 5. The molecule has 9 nitrogen and oxygen atoms in total. The molecule has 0 bridgehead atoms. The van der Waals surface area contributed by atoms with Gasteiger partial charge in [0.05, 0.1) is 19.3 Å². The number of nitro groups is 1. The highest BCUT2D eigenvalue weighted by molar-refractivity contribution is 5.48. The van der Waals surface area contributed by atoms with E-state index in [1.807, 2.05) is 18.2 Å². The van der Waals surface area contributed by atoms with Gasteiger partial charge in [0.1, 0.15) is 6.20 Å². The van der Waals surface area contributed by atoms with Crippen molar-refractivity contribution in [2.24, 2.45) is 0 Å². The monoisotopic (exact) mass is 368 g/mol. The van der Waals surface area contributed by atoms with Crippen LogP contribution in [0.25, 0.3) is 5.65 Å². The summed E-state index contributed by atoms with van der Waals surface area (Å²) >= 11 is 0. The Hall–Kier alpha value is -3.04. The Morgan fingerprint density at radius 1 is 1.19 bits per heavy atom. The molecule has 140 valence electrons. The molecule has 1 unspecified atom stereocenters. The van der Waals surface area contributed by atoms with E-state index in [0.717, 1.165) is 26.3 Å². The van der Waals surface area contributed by atoms with Crippen molar-refractivity contribution in [3.63, 3.8) is 0 Å². The minimum atomic E-state index is -0.489. The van der Waals surface area contributed by atoms with Gasteiger partial charge in [-0.1, -0.05) is 39.9 Å². The first-order valence-corrected chi connectivity index (χ1v) is 8.82. The number of imidazole rings is 1. The van der Waals surface area contributed by atoms with E-state index in [2.05, 4.69) is 32.4 Å². The topological polar surface area (TPSA) is 97.8 Å². The van der Waals surface area contributed by atoms with Crippen LogP contribution in [0.4, 0.5) is 11.6 Å². The zero-order valence-electron chi connectivity index (χ0n) is 14.7. The number of aromatic nitrogens is 3. The Balaban J connectivity index is 1.56. The van der Waals surface area contributed by atoms with Crippen molar-refractivity contribution in [1.82, 2.24) is 19.5 Å². The summed E-state index contributed by atoms with van der Waals surface area (Å²) < 4.78 is 6.72. The molecule has 0 aliphatic carbocycles. The van der Waals surface area contributed by atoms with Crippen LogP contribution in [0.15, 0.2) is 48.7 Å². The minimum absolute atomic E-state index is 0.151. The third-order valence-electron chi connectivity index (χ3n) is 4.68. The average Bonchev–Trinajstić information content (AvgIpc) is 3.13. The maximum atomic E-state index is 11.1. The first kappa shape index (κ1) is 17.4. The van der Waals surface area contributed by atoms with Crippen LogP contribution in [0.1, 0.15) is 11.6 Å². The zero-order valence-corrected chi connectivity index (χ0v) is 14.7. The van der Waals surface area contributed by atoms with E-state index in [9.17, 15) is 10.1 Å². The van der Waals surface area contributed by atoms with Crippen molar-refractivity contribution in [3.8, 4) is 0 Å². The van der Waals surface area contributed by atoms with Gasteiger partial charge in [0, 0.05) is 25.7 Å². The predicted molar refractivity (Wildman–Crippen MR) is 99.7 cm³/mol. The average molecular weight is 368 g/mol. The fourth-order valence-electron chi connectivity index (χ4n) is 3.30. The standard InChI is InChI=1S/C18H20N6O3/c25-24(26)18-13-20-17-7-6-16(21-23(17)18)19-12-15(14-4-2-1-3-5-14)22-8-10-27-11-9-22/h1-7,13,15H,8-12H2,(H,19,21). The number of hydrogen-bond donors (Lipinski definition) is 1. The van der Waals surface area contributed by atoms with Crippen LogP contribution in [-0.4, -0.2) is 57.3 Å². The maximum Gasteiger partial charge on any atom is 0.368 e. The van der Waals surface area contributed by atoms with Gasteiger partial charge in [-0.2, -0.15) is 0 Å². The molecule has 9 heteroatoms. The minimum Gasteiger partial charge on any atom is -0.379 e. The number of morpholine rings is 1. The Kier molecular flexibility index (Phi) is 4.95. The molecule has 1 aliphatic rings. The van der Waals surface area contributed by atoms with Crippen LogP contribution in [0, 0.1) is 10.1 Å². The zero-order chi connectivity index (χ0) is 18.6. The molecule has 1 saturated heterocycles. The van der Waals surface area contributed by atoms with E-state index >= 15 is 0 Å².